The third-order valence-corrected chi connectivity index (χ3v) is 5.13. The molecular formula is C10H11Cl3F3N2O3P. The summed E-state index contributed by atoms with van der Waals surface area (Å²) in [5.41, 5.74) is -1.50. The van der Waals surface area contributed by atoms with Crippen LogP contribution in [0.4, 0.5) is 13.2 Å². The van der Waals surface area contributed by atoms with Crippen LogP contribution in [0.25, 0.3) is 0 Å². The fraction of sp³-hybridized carbons (Fsp3) is 0.500. The van der Waals surface area contributed by atoms with Crippen LogP contribution in [-0.4, -0.2) is 18.1 Å². The molecule has 1 unspecified atom stereocenters. The number of pyridine rings is 1. The summed E-state index contributed by atoms with van der Waals surface area (Å²) in [4.78, 5) is 3.17. The molecule has 12 heteroatoms. The number of nitrogens with one attached hydrogen (secondary N) is 1. The van der Waals surface area contributed by atoms with Gasteiger partial charge in [-0.15, -0.1) is 0 Å². The van der Waals surface area contributed by atoms with Crippen molar-refractivity contribution in [2.75, 3.05) is 13.2 Å². The Labute approximate surface area is 139 Å². The van der Waals surface area contributed by atoms with E-state index >= 15 is 0 Å². The fourth-order valence-electron chi connectivity index (χ4n) is 1.32. The van der Waals surface area contributed by atoms with E-state index in [-0.39, 0.29) is 13.2 Å². The molecule has 1 aromatic heterocycles. The predicted octanol–water partition coefficient (Wildman–Crippen LogP) is 5.19. The molecule has 0 fully saturated rings. The summed E-state index contributed by atoms with van der Waals surface area (Å²) in [5.74, 6) is -0.791. The number of aromatic nitrogens is 1. The summed E-state index contributed by atoms with van der Waals surface area (Å²) in [7, 11) is -3.94. The van der Waals surface area contributed by atoms with Gasteiger partial charge < -0.3 is 4.52 Å². The molecule has 1 atom stereocenters. The minimum absolute atomic E-state index is 0.0185. The molecule has 0 saturated carbocycles. The van der Waals surface area contributed by atoms with E-state index in [2.05, 4.69) is 10.1 Å². The van der Waals surface area contributed by atoms with Gasteiger partial charge in [-0.05, 0) is 6.92 Å². The number of hydrogen-bond acceptors (Lipinski definition) is 4. The van der Waals surface area contributed by atoms with Crippen molar-refractivity contribution in [1.29, 1.82) is 0 Å². The third-order valence-electron chi connectivity index (χ3n) is 2.12. The largest absolute Gasteiger partial charge is 0.459 e. The van der Waals surface area contributed by atoms with E-state index in [1.165, 1.54) is 6.92 Å². The molecule has 1 N–H and O–H groups in total. The van der Waals surface area contributed by atoms with Crippen molar-refractivity contribution in [1.82, 2.24) is 10.1 Å². The van der Waals surface area contributed by atoms with Crippen LogP contribution in [0.1, 0.15) is 19.5 Å². The van der Waals surface area contributed by atoms with Gasteiger partial charge >= 0.3 is 13.9 Å². The van der Waals surface area contributed by atoms with Crippen molar-refractivity contribution < 1.29 is 26.8 Å². The summed E-state index contributed by atoms with van der Waals surface area (Å²) < 4.78 is 60.6. The first kappa shape index (κ1) is 19.8. The number of rotatable bonds is 6. The molecule has 0 aliphatic heterocycles. The van der Waals surface area contributed by atoms with E-state index in [0.717, 1.165) is 0 Å². The number of nitrogens with zero attached hydrogens (tertiary/aromatic N) is 1. The van der Waals surface area contributed by atoms with Gasteiger partial charge in [-0.2, -0.15) is 13.2 Å². The van der Waals surface area contributed by atoms with Crippen LogP contribution in [-0.2, 0) is 15.3 Å². The normalized spacial score (nSPS) is 14.7. The minimum atomic E-state index is -4.89. The molecule has 0 aliphatic rings. The van der Waals surface area contributed by atoms with Crippen molar-refractivity contribution in [2.24, 2.45) is 0 Å². The summed E-state index contributed by atoms with van der Waals surface area (Å²) in [6, 6.07) is 0. The summed E-state index contributed by atoms with van der Waals surface area (Å²) in [6.45, 7) is 3.27. The van der Waals surface area contributed by atoms with Crippen LogP contribution in [0, 0.1) is 0 Å². The molecule has 0 spiro atoms. The lowest BCUT2D eigenvalue weighted by Crippen LogP contribution is -2.18. The average molecular weight is 402 g/mol. The Bertz CT molecular complexity index is 591. The average Bonchev–Trinajstić information content (AvgIpc) is 2.38. The molecule has 0 radical (unpaired) electrons. The molecule has 5 nitrogen and oxygen atoms in total. The molecule has 126 valence electrons. The van der Waals surface area contributed by atoms with Gasteiger partial charge in [0.15, 0.2) is 5.69 Å². The highest BCUT2D eigenvalue weighted by molar-refractivity contribution is 7.52. The second-order valence-electron chi connectivity index (χ2n) is 3.72. The maximum Gasteiger partial charge on any atom is 0.459 e. The molecule has 1 heterocycles. The predicted molar refractivity (Wildman–Crippen MR) is 77.8 cm³/mol. The quantitative estimate of drug-likeness (QED) is 0.665. The number of alkyl halides is 3. The van der Waals surface area contributed by atoms with Crippen molar-refractivity contribution in [3.05, 3.63) is 20.8 Å². The van der Waals surface area contributed by atoms with Gasteiger partial charge in [0.25, 0.3) is 0 Å². The van der Waals surface area contributed by atoms with Gasteiger partial charge in [-0.1, -0.05) is 41.7 Å². The number of hydrogen-bond donors (Lipinski definition) is 1. The SMILES string of the molecule is CCNP(=O)(OCC)Oc1nc(C(F)(F)F)c(Cl)c(Cl)c1Cl. The van der Waals surface area contributed by atoms with Gasteiger partial charge in [0.1, 0.15) is 5.02 Å². The maximum absolute atomic E-state index is 12.8. The molecule has 0 aromatic carbocycles. The molecule has 0 aliphatic carbocycles. The van der Waals surface area contributed by atoms with Crippen LogP contribution in [0.15, 0.2) is 0 Å². The van der Waals surface area contributed by atoms with E-state index < -0.39 is 40.6 Å². The first-order valence-corrected chi connectivity index (χ1v) is 8.54. The minimum Gasteiger partial charge on any atom is -0.393 e. The molecule has 0 saturated heterocycles. The summed E-state index contributed by atoms with van der Waals surface area (Å²) in [5, 5.41) is 0.396. The van der Waals surface area contributed by atoms with E-state index in [9.17, 15) is 17.7 Å². The standard InChI is InChI=1S/C10H11Cl3F3N2O3P/c1-3-17-22(19,20-4-2)21-9-7(13)5(11)6(12)8(18-9)10(14,15)16/h3-4H2,1-2H3,(H,17,19). The maximum atomic E-state index is 12.8. The lowest BCUT2D eigenvalue weighted by atomic mass is 10.3. The van der Waals surface area contributed by atoms with Crippen LogP contribution >= 0.6 is 42.5 Å². The Hall–Kier alpha value is -0.240. The van der Waals surface area contributed by atoms with Gasteiger partial charge in [0.2, 0.25) is 5.88 Å². The van der Waals surface area contributed by atoms with Crippen LogP contribution in [0.2, 0.25) is 15.1 Å². The van der Waals surface area contributed by atoms with E-state index in [1.54, 1.807) is 6.92 Å². The van der Waals surface area contributed by atoms with Crippen LogP contribution in [0.3, 0.4) is 0 Å². The Morgan fingerprint density at radius 3 is 2.23 bits per heavy atom. The highest BCUT2D eigenvalue weighted by atomic mass is 35.5. The molecule has 1 rings (SSSR count). The van der Waals surface area contributed by atoms with Crippen molar-refractivity contribution in [2.45, 2.75) is 20.0 Å². The van der Waals surface area contributed by atoms with E-state index in [0.29, 0.717) is 0 Å². The first-order chi connectivity index (χ1) is 10.1. The molecule has 22 heavy (non-hydrogen) atoms. The monoisotopic (exact) mass is 400 g/mol. The van der Waals surface area contributed by atoms with E-state index in [1.807, 2.05) is 0 Å². The highest BCUT2D eigenvalue weighted by Crippen LogP contribution is 2.49. The smallest absolute Gasteiger partial charge is 0.393 e. The van der Waals surface area contributed by atoms with Gasteiger partial charge in [-0.3, -0.25) is 4.52 Å². The highest BCUT2D eigenvalue weighted by Gasteiger charge is 2.39. The lowest BCUT2D eigenvalue weighted by Gasteiger charge is -2.20. The topological polar surface area (TPSA) is 60.5 Å². The van der Waals surface area contributed by atoms with Crippen LogP contribution < -0.4 is 9.61 Å². The second-order valence-corrected chi connectivity index (χ2v) is 6.61. The Balaban J connectivity index is 3.36. The third kappa shape index (κ3) is 4.63. The Kier molecular flexibility index (Phi) is 6.80. The molecule has 0 amide bonds. The first-order valence-electron chi connectivity index (χ1n) is 5.86. The fourth-order valence-corrected chi connectivity index (χ4v) is 3.31. The summed E-state index contributed by atoms with van der Waals surface area (Å²) >= 11 is 16.9. The van der Waals surface area contributed by atoms with E-state index in [4.69, 9.17) is 43.9 Å². The zero-order valence-corrected chi connectivity index (χ0v) is 14.5. The zero-order chi connectivity index (χ0) is 17.1. The van der Waals surface area contributed by atoms with Gasteiger partial charge in [-0.25, -0.2) is 14.6 Å². The Morgan fingerprint density at radius 2 is 1.77 bits per heavy atom. The van der Waals surface area contributed by atoms with Crippen LogP contribution in [0.5, 0.6) is 5.88 Å². The molecular weight excluding hydrogens is 390 g/mol. The summed E-state index contributed by atoms with van der Waals surface area (Å²) in [6.07, 6.45) is -4.89. The van der Waals surface area contributed by atoms with Crippen molar-refractivity contribution in [3.8, 4) is 5.88 Å². The zero-order valence-electron chi connectivity index (χ0n) is 11.3. The number of halogens is 6. The lowest BCUT2D eigenvalue weighted by molar-refractivity contribution is -0.141. The van der Waals surface area contributed by atoms with Gasteiger partial charge in [0, 0.05) is 6.54 Å². The Morgan fingerprint density at radius 1 is 1.18 bits per heavy atom. The molecule has 1 aromatic rings. The van der Waals surface area contributed by atoms with Crippen molar-refractivity contribution >= 4 is 42.5 Å². The second kappa shape index (κ2) is 7.55. The van der Waals surface area contributed by atoms with Crippen molar-refractivity contribution in [3.63, 3.8) is 0 Å². The van der Waals surface area contributed by atoms with Gasteiger partial charge in [0.05, 0.1) is 16.7 Å². The molecule has 0 bridgehead atoms.